The van der Waals surface area contributed by atoms with Crippen LogP contribution in [0.3, 0.4) is 0 Å². The molecule has 2 nitrogen and oxygen atoms in total. The Balaban J connectivity index is 2.30. The van der Waals surface area contributed by atoms with Crippen molar-refractivity contribution in [3.05, 3.63) is 0 Å². The Kier molecular flexibility index (Phi) is 4.94. The van der Waals surface area contributed by atoms with E-state index in [-0.39, 0.29) is 6.04 Å². The maximum atomic E-state index is 9.85. The molecule has 1 aliphatic carbocycles. The molecule has 3 unspecified atom stereocenters. The van der Waals surface area contributed by atoms with Gasteiger partial charge in [0.15, 0.2) is 0 Å². The Morgan fingerprint density at radius 2 is 2.13 bits per heavy atom. The highest BCUT2D eigenvalue weighted by atomic mass is 32.2. The molecule has 0 saturated heterocycles. The van der Waals surface area contributed by atoms with Crippen molar-refractivity contribution in [2.75, 3.05) is 5.75 Å². The summed E-state index contributed by atoms with van der Waals surface area (Å²) in [5.41, 5.74) is -0.615. The molecule has 3 atom stereocenters. The van der Waals surface area contributed by atoms with Crippen molar-refractivity contribution in [1.82, 2.24) is 5.32 Å². The smallest absolute Gasteiger partial charge is 0.0741 e. The summed E-state index contributed by atoms with van der Waals surface area (Å²) >= 11 is 2.07. The topological polar surface area (TPSA) is 32.3 Å². The molecule has 0 heterocycles. The van der Waals surface area contributed by atoms with Crippen LogP contribution >= 0.6 is 11.8 Å². The van der Waals surface area contributed by atoms with E-state index in [1.165, 1.54) is 25.0 Å². The van der Waals surface area contributed by atoms with E-state index in [0.29, 0.717) is 6.04 Å². The molecule has 0 radical (unpaired) electrons. The Morgan fingerprint density at radius 1 is 1.47 bits per heavy atom. The van der Waals surface area contributed by atoms with E-state index in [2.05, 4.69) is 30.9 Å². The van der Waals surface area contributed by atoms with Crippen LogP contribution in [0.25, 0.3) is 0 Å². The second-order valence-electron chi connectivity index (χ2n) is 5.13. The zero-order chi connectivity index (χ0) is 11.5. The predicted octanol–water partition coefficient (Wildman–Crippen LogP) is 2.41. The minimum atomic E-state index is -0.615. The van der Waals surface area contributed by atoms with Gasteiger partial charge in [-0.1, -0.05) is 6.92 Å². The fourth-order valence-electron chi connectivity index (χ4n) is 2.04. The highest BCUT2D eigenvalue weighted by Gasteiger charge is 2.29. The van der Waals surface area contributed by atoms with E-state index in [9.17, 15) is 5.11 Å². The first-order valence-electron chi connectivity index (χ1n) is 6.03. The molecular formula is C12H25NOS. The Bertz CT molecular complexity index is 191. The van der Waals surface area contributed by atoms with Crippen molar-refractivity contribution in [3.8, 4) is 0 Å². The van der Waals surface area contributed by atoms with Gasteiger partial charge >= 0.3 is 0 Å². The lowest BCUT2D eigenvalue weighted by Gasteiger charge is -2.29. The average molecular weight is 231 g/mol. The third-order valence-corrected chi connectivity index (χ3v) is 4.57. The molecule has 15 heavy (non-hydrogen) atoms. The third kappa shape index (κ3) is 4.33. The first kappa shape index (κ1) is 13.3. The Hall–Kier alpha value is 0.270. The second-order valence-corrected chi connectivity index (χ2v) is 6.71. The summed E-state index contributed by atoms with van der Waals surface area (Å²) in [5.74, 6) is 1.22. The van der Waals surface area contributed by atoms with Gasteiger partial charge < -0.3 is 10.4 Å². The summed E-state index contributed by atoms with van der Waals surface area (Å²) in [7, 11) is 0. The van der Waals surface area contributed by atoms with Crippen molar-refractivity contribution < 1.29 is 5.11 Å². The number of hydrogen-bond donors (Lipinski definition) is 2. The van der Waals surface area contributed by atoms with Crippen LogP contribution in [0, 0.1) is 0 Å². The van der Waals surface area contributed by atoms with Gasteiger partial charge in [0.05, 0.1) is 5.60 Å². The number of nitrogens with one attached hydrogen (secondary N) is 1. The summed E-state index contributed by atoms with van der Waals surface area (Å²) in [6.45, 7) is 8.04. The summed E-state index contributed by atoms with van der Waals surface area (Å²) in [4.78, 5) is 0. The molecule has 0 bridgehead atoms. The van der Waals surface area contributed by atoms with Gasteiger partial charge in [0.1, 0.15) is 0 Å². The van der Waals surface area contributed by atoms with Gasteiger partial charge in [0, 0.05) is 17.3 Å². The van der Waals surface area contributed by atoms with Crippen LogP contribution in [0.5, 0.6) is 0 Å². The highest BCUT2D eigenvalue weighted by molar-refractivity contribution is 7.99. The van der Waals surface area contributed by atoms with E-state index in [0.717, 1.165) is 5.25 Å². The van der Waals surface area contributed by atoms with Crippen LogP contribution in [0.4, 0.5) is 0 Å². The van der Waals surface area contributed by atoms with Gasteiger partial charge in [0.2, 0.25) is 0 Å². The van der Waals surface area contributed by atoms with Crippen molar-refractivity contribution >= 4 is 11.8 Å². The van der Waals surface area contributed by atoms with Crippen LogP contribution in [-0.4, -0.2) is 33.8 Å². The number of thioether (sulfide) groups is 1. The van der Waals surface area contributed by atoms with Crippen LogP contribution in [0.15, 0.2) is 0 Å². The van der Waals surface area contributed by atoms with Crippen LogP contribution in [0.1, 0.15) is 47.0 Å². The average Bonchev–Trinajstić information content (AvgIpc) is 2.51. The van der Waals surface area contributed by atoms with Crippen molar-refractivity contribution in [2.45, 2.75) is 69.9 Å². The monoisotopic (exact) mass is 231 g/mol. The second kappa shape index (κ2) is 5.55. The number of aliphatic hydroxyl groups is 1. The molecule has 3 heteroatoms. The van der Waals surface area contributed by atoms with E-state index < -0.39 is 5.60 Å². The summed E-state index contributed by atoms with van der Waals surface area (Å²) < 4.78 is 0. The number of rotatable bonds is 5. The molecule has 2 N–H and O–H groups in total. The zero-order valence-electron chi connectivity index (χ0n) is 10.4. The lowest BCUT2D eigenvalue weighted by molar-refractivity contribution is 0.0401. The molecule has 1 rings (SSSR count). The lowest BCUT2D eigenvalue weighted by atomic mass is 10.00. The molecule has 0 aromatic carbocycles. The molecule has 0 aromatic heterocycles. The summed E-state index contributed by atoms with van der Waals surface area (Å²) in [5, 5.41) is 14.2. The maximum Gasteiger partial charge on any atom is 0.0741 e. The van der Waals surface area contributed by atoms with E-state index in [1.807, 2.05) is 13.8 Å². The standard InChI is InChI=1S/C12H25NOS/c1-5-15-11-7-6-10(8-11)13-9(2)12(3,4)14/h9-11,13-14H,5-8H2,1-4H3. The van der Waals surface area contributed by atoms with Crippen molar-refractivity contribution in [2.24, 2.45) is 0 Å². The minimum Gasteiger partial charge on any atom is -0.389 e. The van der Waals surface area contributed by atoms with E-state index in [1.54, 1.807) is 0 Å². The van der Waals surface area contributed by atoms with Gasteiger partial charge in [-0.15, -0.1) is 0 Å². The molecule has 0 aliphatic heterocycles. The quantitative estimate of drug-likeness (QED) is 0.762. The molecule has 0 spiro atoms. The minimum absolute atomic E-state index is 0.174. The SMILES string of the molecule is CCSC1CCC(NC(C)C(C)(C)O)C1. The summed E-state index contributed by atoms with van der Waals surface area (Å²) in [6, 6.07) is 0.781. The van der Waals surface area contributed by atoms with E-state index in [4.69, 9.17) is 0 Å². The van der Waals surface area contributed by atoms with Crippen molar-refractivity contribution in [1.29, 1.82) is 0 Å². The van der Waals surface area contributed by atoms with Crippen LogP contribution < -0.4 is 5.32 Å². The van der Waals surface area contributed by atoms with Crippen LogP contribution in [-0.2, 0) is 0 Å². The summed E-state index contributed by atoms with van der Waals surface area (Å²) in [6.07, 6.45) is 3.85. The van der Waals surface area contributed by atoms with Gasteiger partial charge in [-0.25, -0.2) is 0 Å². The lowest BCUT2D eigenvalue weighted by Crippen LogP contribution is -2.48. The predicted molar refractivity (Wildman–Crippen MR) is 68.5 cm³/mol. The number of hydrogen-bond acceptors (Lipinski definition) is 3. The first-order valence-corrected chi connectivity index (χ1v) is 7.08. The normalized spacial score (nSPS) is 29.4. The van der Waals surface area contributed by atoms with Gasteiger partial charge in [-0.3, -0.25) is 0 Å². The molecular weight excluding hydrogens is 206 g/mol. The highest BCUT2D eigenvalue weighted by Crippen LogP contribution is 2.30. The Labute approximate surface area is 98.2 Å². The third-order valence-electron chi connectivity index (χ3n) is 3.33. The molecule has 1 aliphatic rings. The van der Waals surface area contributed by atoms with Crippen molar-refractivity contribution in [3.63, 3.8) is 0 Å². The zero-order valence-corrected chi connectivity index (χ0v) is 11.2. The fraction of sp³-hybridized carbons (Fsp3) is 1.00. The maximum absolute atomic E-state index is 9.85. The molecule has 0 aromatic rings. The molecule has 1 fully saturated rings. The fourth-order valence-corrected chi connectivity index (χ4v) is 3.18. The molecule has 1 saturated carbocycles. The molecule has 90 valence electrons. The first-order chi connectivity index (χ1) is 6.93. The molecule has 0 amide bonds. The van der Waals surface area contributed by atoms with Crippen LogP contribution in [0.2, 0.25) is 0 Å². The van der Waals surface area contributed by atoms with Gasteiger partial charge in [-0.2, -0.15) is 11.8 Å². The van der Waals surface area contributed by atoms with Gasteiger partial charge in [0.25, 0.3) is 0 Å². The van der Waals surface area contributed by atoms with Gasteiger partial charge in [-0.05, 0) is 45.8 Å². The Morgan fingerprint density at radius 3 is 2.67 bits per heavy atom. The largest absolute Gasteiger partial charge is 0.389 e. The van der Waals surface area contributed by atoms with E-state index >= 15 is 0 Å².